The number of benzene rings is 1. The first-order valence-electron chi connectivity index (χ1n) is 7.07. The third-order valence-corrected chi connectivity index (χ3v) is 4.07. The minimum absolute atomic E-state index is 0.0596. The molecule has 2 aromatic rings. The molecule has 1 aliphatic rings. The summed E-state index contributed by atoms with van der Waals surface area (Å²) in [4.78, 5) is 28.0. The number of hydrogen-bond acceptors (Lipinski definition) is 3. The van der Waals surface area contributed by atoms with Gasteiger partial charge in [-0.3, -0.25) is 9.59 Å². The molecule has 1 fully saturated rings. The van der Waals surface area contributed by atoms with E-state index in [2.05, 4.69) is 31.5 Å². The number of pyridine rings is 1. The van der Waals surface area contributed by atoms with Crippen LogP contribution in [0, 0.1) is 11.7 Å². The zero-order chi connectivity index (χ0) is 16.4. The number of carbonyl (C=O) groups excluding carboxylic acids is 2. The largest absolute Gasteiger partial charge is 0.322 e. The molecule has 1 aromatic heterocycles. The van der Waals surface area contributed by atoms with E-state index in [0.717, 1.165) is 12.8 Å². The van der Waals surface area contributed by atoms with Gasteiger partial charge >= 0.3 is 0 Å². The van der Waals surface area contributed by atoms with Gasteiger partial charge in [0.05, 0.1) is 5.56 Å². The SMILES string of the molecule is O=C(Nc1ccnc(NC(=O)C2CC2)c1)c1c(F)cccc1Br. The normalized spacial score (nSPS) is 13.5. The molecule has 1 aromatic carbocycles. The lowest BCUT2D eigenvalue weighted by molar-refractivity contribution is -0.117. The number of hydrogen-bond donors (Lipinski definition) is 2. The van der Waals surface area contributed by atoms with Gasteiger partial charge in [-0.2, -0.15) is 0 Å². The maximum absolute atomic E-state index is 13.8. The first kappa shape index (κ1) is 15.6. The Labute approximate surface area is 140 Å². The molecule has 0 radical (unpaired) electrons. The summed E-state index contributed by atoms with van der Waals surface area (Å²) in [7, 11) is 0. The lowest BCUT2D eigenvalue weighted by atomic mass is 10.2. The minimum atomic E-state index is -0.617. The van der Waals surface area contributed by atoms with Gasteiger partial charge in [0.2, 0.25) is 5.91 Å². The Morgan fingerprint density at radius 1 is 1.22 bits per heavy atom. The molecule has 5 nitrogen and oxygen atoms in total. The number of anilines is 2. The predicted octanol–water partition coefficient (Wildman–Crippen LogP) is 3.58. The quantitative estimate of drug-likeness (QED) is 0.855. The van der Waals surface area contributed by atoms with Crippen molar-refractivity contribution in [3.8, 4) is 0 Å². The summed E-state index contributed by atoms with van der Waals surface area (Å²) >= 11 is 3.16. The zero-order valence-electron chi connectivity index (χ0n) is 12.0. The molecule has 0 unspecified atom stereocenters. The number of nitrogens with zero attached hydrogens (tertiary/aromatic N) is 1. The molecule has 1 heterocycles. The molecule has 23 heavy (non-hydrogen) atoms. The van der Waals surface area contributed by atoms with E-state index in [1.54, 1.807) is 12.1 Å². The molecule has 2 N–H and O–H groups in total. The van der Waals surface area contributed by atoms with Crippen LogP contribution in [0.25, 0.3) is 0 Å². The van der Waals surface area contributed by atoms with Crippen molar-refractivity contribution in [1.82, 2.24) is 4.98 Å². The monoisotopic (exact) mass is 377 g/mol. The van der Waals surface area contributed by atoms with Crippen LogP contribution in [0.4, 0.5) is 15.9 Å². The zero-order valence-corrected chi connectivity index (χ0v) is 13.6. The Morgan fingerprint density at radius 2 is 2.00 bits per heavy atom. The van der Waals surface area contributed by atoms with Gasteiger partial charge < -0.3 is 10.6 Å². The van der Waals surface area contributed by atoms with Crippen LogP contribution < -0.4 is 10.6 Å². The second-order valence-corrected chi connectivity index (χ2v) is 6.10. The highest BCUT2D eigenvalue weighted by atomic mass is 79.9. The van der Waals surface area contributed by atoms with E-state index in [-0.39, 0.29) is 17.4 Å². The lowest BCUT2D eigenvalue weighted by Crippen LogP contribution is -2.16. The second-order valence-electron chi connectivity index (χ2n) is 5.24. The van der Waals surface area contributed by atoms with Gasteiger partial charge in [0.25, 0.3) is 5.91 Å². The highest BCUT2D eigenvalue weighted by Crippen LogP contribution is 2.30. The highest BCUT2D eigenvalue weighted by molar-refractivity contribution is 9.10. The number of nitrogens with one attached hydrogen (secondary N) is 2. The first-order valence-corrected chi connectivity index (χ1v) is 7.86. The molecule has 0 spiro atoms. The van der Waals surface area contributed by atoms with Crippen LogP contribution in [0.15, 0.2) is 41.0 Å². The van der Waals surface area contributed by atoms with Crippen molar-refractivity contribution in [2.75, 3.05) is 10.6 Å². The van der Waals surface area contributed by atoms with Crippen molar-refractivity contribution in [2.24, 2.45) is 5.92 Å². The van der Waals surface area contributed by atoms with Crippen molar-refractivity contribution in [3.05, 3.63) is 52.4 Å². The van der Waals surface area contributed by atoms with Crippen LogP contribution in [-0.2, 0) is 4.79 Å². The van der Waals surface area contributed by atoms with Crippen LogP contribution in [0.5, 0.6) is 0 Å². The van der Waals surface area contributed by atoms with Crippen LogP contribution >= 0.6 is 15.9 Å². The number of carbonyl (C=O) groups is 2. The van der Waals surface area contributed by atoms with Crippen molar-refractivity contribution < 1.29 is 14.0 Å². The standard InChI is InChI=1S/C16H13BrFN3O2/c17-11-2-1-3-12(18)14(11)16(23)20-10-6-7-19-13(8-10)21-15(22)9-4-5-9/h1-3,6-9H,4-5H2,(H2,19,20,21,22,23). The van der Waals surface area contributed by atoms with Gasteiger partial charge in [-0.05, 0) is 47.0 Å². The molecule has 1 aliphatic carbocycles. The van der Waals surface area contributed by atoms with Crippen LogP contribution in [-0.4, -0.2) is 16.8 Å². The van der Waals surface area contributed by atoms with E-state index in [0.29, 0.717) is 16.0 Å². The van der Waals surface area contributed by atoms with Crippen molar-refractivity contribution >= 4 is 39.2 Å². The van der Waals surface area contributed by atoms with E-state index in [4.69, 9.17) is 0 Å². The van der Waals surface area contributed by atoms with Crippen molar-refractivity contribution in [3.63, 3.8) is 0 Å². The van der Waals surface area contributed by atoms with Crippen LogP contribution in [0.3, 0.4) is 0 Å². The predicted molar refractivity (Wildman–Crippen MR) is 87.6 cm³/mol. The van der Waals surface area contributed by atoms with Crippen LogP contribution in [0.1, 0.15) is 23.2 Å². The molecule has 0 aliphatic heterocycles. The summed E-state index contributed by atoms with van der Waals surface area (Å²) in [5.41, 5.74) is 0.346. The summed E-state index contributed by atoms with van der Waals surface area (Å²) in [5, 5.41) is 5.29. The molecule has 118 valence electrons. The van der Waals surface area contributed by atoms with E-state index in [1.807, 2.05) is 0 Å². The minimum Gasteiger partial charge on any atom is -0.322 e. The Balaban J connectivity index is 1.74. The highest BCUT2D eigenvalue weighted by Gasteiger charge is 2.29. The van der Waals surface area contributed by atoms with Gasteiger partial charge in [0, 0.05) is 28.3 Å². The molecule has 3 rings (SSSR count). The van der Waals surface area contributed by atoms with Gasteiger partial charge in [0.1, 0.15) is 11.6 Å². The number of rotatable bonds is 4. The smallest absolute Gasteiger partial charge is 0.259 e. The van der Waals surface area contributed by atoms with E-state index in [1.165, 1.54) is 24.4 Å². The average molecular weight is 378 g/mol. The molecular weight excluding hydrogens is 365 g/mol. The van der Waals surface area contributed by atoms with Gasteiger partial charge in [0.15, 0.2) is 0 Å². The summed E-state index contributed by atoms with van der Waals surface area (Å²) < 4.78 is 14.2. The Hall–Kier alpha value is -2.28. The fraction of sp³-hybridized carbons (Fsp3) is 0.188. The lowest BCUT2D eigenvalue weighted by Gasteiger charge is -2.09. The van der Waals surface area contributed by atoms with Gasteiger partial charge in [-0.25, -0.2) is 9.37 Å². The molecule has 2 amide bonds. The van der Waals surface area contributed by atoms with E-state index in [9.17, 15) is 14.0 Å². The molecular formula is C16H13BrFN3O2. The molecule has 0 saturated heterocycles. The van der Waals surface area contributed by atoms with Crippen molar-refractivity contribution in [1.29, 1.82) is 0 Å². The summed E-state index contributed by atoms with van der Waals surface area (Å²) in [6, 6.07) is 7.42. The number of halogens is 2. The first-order chi connectivity index (χ1) is 11.0. The van der Waals surface area contributed by atoms with Crippen molar-refractivity contribution in [2.45, 2.75) is 12.8 Å². The fourth-order valence-corrected chi connectivity index (χ4v) is 2.58. The molecule has 7 heteroatoms. The average Bonchev–Trinajstić information content (AvgIpc) is 3.32. The topological polar surface area (TPSA) is 71.1 Å². The fourth-order valence-electron chi connectivity index (χ4n) is 2.06. The van der Waals surface area contributed by atoms with E-state index >= 15 is 0 Å². The summed E-state index contributed by atoms with van der Waals surface area (Å²) in [6.07, 6.45) is 3.25. The van der Waals surface area contributed by atoms with Gasteiger partial charge in [-0.1, -0.05) is 6.07 Å². The third kappa shape index (κ3) is 3.73. The Morgan fingerprint density at radius 3 is 2.70 bits per heavy atom. The number of amides is 2. The third-order valence-electron chi connectivity index (χ3n) is 3.41. The summed E-state index contributed by atoms with van der Waals surface area (Å²) in [6.45, 7) is 0. The maximum atomic E-state index is 13.8. The molecule has 1 saturated carbocycles. The molecule has 0 bridgehead atoms. The second kappa shape index (κ2) is 6.45. The summed E-state index contributed by atoms with van der Waals surface area (Å²) in [5.74, 6) is -0.858. The van der Waals surface area contributed by atoms with E-state index < -0.39 is 11.7 Å². The van der Waals surface area contributed by atoms with Crippen LogP contribution in [0.2, 0.25) is 0 Å². The number of aromatic nitrogens is 1. The maximum Gasteiger partial charge on any atom is 0.259 e. The van der Waals surface area contributed by atoms with Gasteiger partial charge in [-0.15, -0.1) is 0 Å². The Bertz CT molecular complexity index is 757. The Kier molecular flexibility index (Phi) is 4.38. The molecule has 0 atom stereocenters.